The molecule has 0 saturated carbocycles. The fourth-order valence-corrected chi connectivity index (χ4v) is 0.645. The monoisotopic (exact) mass is 243 g/mol. The summed E-state index contributed by atoms with van der Waals surface area (Å²) < 4.78 is 5.02. The van der Waals surface area contributed by atoms with Crippen LogP contribution in [-0.4, -0.2) is 50.7 Å². The number of hydrogen-bond donors (Lipinski definition) is 0. The van der Waals surface area contributed by atoms with Crippen molar-refractivity contribution in [3.63, 3.8) is 0 Å². The Morgan fingerprint density at radius 2 is 1.82 bits per heavy atom. The van der Waals surface area contributed by atoms with Crippen molar-refractivity contribution < 1.29 is 23.9 Å². The van der Waals surface area contributed by atoms with Gasteiger partial charge in [-0.3, -0.25) is 0 Å². The van der Waals surface area contributed by atoms with Gasteiger partial charge in [0, 0.05) is 5.57 Å². The van der Waals surface area contributed by atoms with E-state index < -0.39 is 5.97 Å². The Morgan fingerprint density at radius 3 is 2.00 bits per heavy atom. The van der Waals surface area contributed by atoms with Crippen LogP contribution < -0.4 is 5.11 Å². The highest BCUT2D eigenvalue weighted by atomic mass is 16.5. The number of nitrogens with zero attached hydrogens (tertiary/aromatic N) is 1. The van der Waals surface area contributed by atoms with Gasteiger partial charge in [-0.2, -0.15) is 0 Å². The van der Waals surface area contributed by atoms with Crippen molar-refractivity contribution >= 4 is 11.9 Å². The quantitative estimate of drug-likeness (QED) is 0.289. The van der Waals surface area contributed by atoms with Crippen LogP contribution in [0.15, 0.2) is 24.8 Å². The first-order chi connectivity index (χ1) is 7.60. The molecule has 0 rings (SSSR count). The Balaban J connectivity index is 0. The third kappa shape index (κ3) is 17.0. The third-order valence-electron chi connectivity index (χ3n) is 1.28. The van der Waals surface area contributed by atoms with Crippen LogP contribution in [0.3, 0.4) is 0 Å². The SMILES string of the molecule is C=CCOC(=O)C(=C)C.C[N+](C)(C)CC(=O)[O-]. The summed E-state index contributed by atoms with van der Waals surface area (Å²) in [5, 5.41) is 9.89. The van der Waals surface area contributed by atoms with Gasteiger partial charge in [0.25, 0.3) is 0 Å². The minimum Gasteiger partial charge on any atom is -0.544 e. The fraction of sp³-hybridized carbons (Fsp3) is 0.500. The number of carbonyl (C=O) groups is 2. The number of carboxylic acids is 1. The van der Waals surface area contributed by atoms with Crippen molar-refractivity contribution in [2.45, 2.75) is 6.92 Å². The van der Waals surface area contributed by atoms with Gasteiger partial charge >= 0.3 is 5.97 Å². The standard InChI is InChI=1S/C7H10O2.C5H11NO2/c1-4-5-9-7(8)6(2)3;1-6(2,3)4-5(7)8/h4H,1-2,5H2,3H3;4H2,1-3H3. The molecule has 0 aliphatic heterocycles. The van der Waals surface area contributed by atoms with E-state index in [-0.39, 0.29) is 19.1 Å². The van der Waals surface area contributed by atoms with Crippen molar-refractivity contribution in [1.29, 1.82) is 0 Å². The predicted molar refractivity (Wildman–Crippen MR) is 63.9 cm³/mol. The zero-order chi connectivity index (χ0) is 14.1. The van der Waals surface area contributed by atoms with Crippen LogP contribution in [0.5, 0.6) is 0 Å². The normalized spacial score (nSPS) is 9.65. The summed E-state index contributed by atoms with van der Waals surface area (Å²) in [5.41, 5.74) is 0.414. The van der Waals surface area contributed by atoms with Gasteiger partial charge in [0.15, 0.2) is 0 Å². The van der Waals surface area contributed by atoms with Crippen LogP contribution in [0.25, 0.3) is 0 Å². The number of carboxylic acid groups (broad SMARTS) is 1. The number of esters is 1. The smallest absolute Gasteiger partial charge is 0.333 e. The van der Waals surface area contributed by atoms with E-state index in [9.17, 15) is 14.7 Å². The lowest BCUT2D eigenvalue weighted by molar-refractivity contribution is -0.864. The largest absolute Gasteiger partial charge is 0.544 e. The van der Waals surface area contributed by atoms with Crippen LogP contribution in [0.1, 0.15) is 6.92 Å². The van der Waals surface area contributed by atoms with Crippen LogP contribution in [0.2, 0.25) is 0 Å². The topological polar surface area (TPSA) is 66.4 Å². The number of quaternary nitrogens is 1. The summed E-state index contributed by atoms with van der Waals surface area (Å²) >= 11 is 0. The number of hydrogen-bond acceptors (Lipinski definition) is 4. The molecule has 0 aromatic heterocycles. The second kappa shape index (κ2) is 8.52. The number of likely N-dealkylation sites (N-methyl/N-ethyl adjacent to an activating group) is 1. The summed E-state index contributed by atoms with van der Waals surface area (Å²) in [7, 11) is 5.40. The van der Waals surface area contributed by atoms with E-state index in [4.69, 9.17) is 0 Å². The predicted octanol–water partition coefficient (Wildman–Crippen LogP) is -0.266. The van der Waals surface area contributed by atoms with Gasteiger partial charge in [0.1, 0.15) is 13.2 Å². The van der Waals surface area contributed by atoms with E-state index in [0.717, 1.165) is 0 Å². The van der Waals surface area contributed by atoms with E-state index in [2.05, 4.69) is 17.9 Å². The second-order valence-corrected chi connectivity index (χ2v) is 4.49. The lowest BCUT2D eigenvalue weighted by Gasteiger charge is -2.23. The van der Waals surface area contributed by atoms with Gasteiger partial charge in [0.2, 0.25) is 0 Å². The Labute approximate surface area is 103 Å². The van der Waals surface area contributed by atoms with Crippen molar-refractivity contribution in [3.8, 4) is 0 Å². The molecule has 0 bridgehead atoms. The van der Waals surface area contributed by atoms with E-state index >= 15 is 0 Å². The summed E-state index contributed by atoms with van der Waals surface area (Å²) in [5.74, 6) is -1.37. The van der Waals surface area contributed by atoms with Gasteiger partial charge in [-0.15, -0.1) is 0 Å². The van der Waals surface area contributed by atoms with Crippen molar-refractivity contribution in [2.75, 3.05) is 34.3 Å². The molecular formula is C12H21NO4. The lowest BCUT2D eigenvalue weighted by Crippen LogP contribution is -2.45. The van der Waals surface area contributed by atoms with Crippen LogP contribution in [-0.2, 0) is 14.3 Å². The molecule has 5 heteroatoms. The molecule has 0 unspecified atom stereocenters. The summed E-state index contributed by atoms with van der Waals surface area (Å²) in [6, 6.07) is 0. The molecule has 0 saturated heterocycles. The minimum atomic E-state index is -1.00. The van der Waals surface area contributed by atoms with Gasteiger partial charge in [0.05, 0.1) is 27.1 Å². The molecule has 0 N–H and O–H groups in total. The zero-order valence-corrected chi connectivity index (χ0v) is 11.0. The Morgan fingerprint density at radius 1 is 1.35 bits per heavy atom. The highest BCUT2D eigenvalue weighted by molar-refractivity contribution is 5.86. The van der Waals surface area contributed by atoms with E-state index in [1.54, 1.807) is 28.1 Å². The molecule has 0 aromatic carbocycles. The van der Waals surface area contributed by atoms with Gasteiger partial charge in [-0.05, 0) is 6.92 Å². The molecule has 0 atom stereocenters. The lowest BCUT2D eigenvalue weighted by atomic mass is 10.4. The number of carbonyl (C=O) groups excluding carboxylic acids is 2. The molecule has 0 aliphatic carbocycles. The number of ether oxygens (including phenoxy) is 1. The molecule has 0 radical (unpaired) electrons. The van der Waals surface area contributed by atoms with Crippen LogP contribution >= 0.6 is 0 Å². The molecule has 98 valence electrons. The maximum absolute atomic E-state index is 10.5. The van der Waals surface area contributed by atoms with Gasteiger partial charge < -0.3 is 19.1 Å². The van der Waals surface area contributed by atoms with Crippen molar-refractivity contribution in [1.82, 2.24) is 0 Å². The fourth-order valence-electron chi connectivity index (χ4n) is 0.645. The summed E-state index contributed by atoms with van der Waals surface area (Å²) in [6.07, 6.45) is 1.51. The van der Waals surface area contributed by atoms with Crippen LogP contribution in [0, 0.1) is 0 Å². The maximum atomic E-state index is 10.5. The second-order valence-electron chi connectivity index (χ2n) is 4.49. The molecule has 0 amide bonds. The molecule has 0 heterocycles. The summed E-state index contributed by atoms with van der Waals surface area (Å²) in [4.78, 5) is 20.4. The van der Waals surface area contributed by atoms with Crippen molar-refractivity contribution in [3.05, 3.63) is 24.8 Å². The molecule has 0 aliphatic rings. The maximum Gasteiger partial charge on any atom is 0.333 e. The zero-order valence-electron chi connectivity index (χ0n) is 11.0. The van der Waals surface area contributed by atoms with E-state index in [0.29, 0.717) is 10.1 Å². The Hall–Kier alpha value is -1.62. The highest BCUT2D eigenvalue weighted by Gasteiger charge is 2.04. The molecule has 0 spiro atoms. The van der Waals surface area contributed by atoms with Crippen LogP contribution in [0.4, 0.5) is 0 Å². The van der Waals surface area contributed by atoms with Crippen molar-refractivity contribution in [2.24, 2.45) is 0 Å². The minimum absolute atomic E-state index is 0.0694. The average molecular weight is 243 g/mol. The highest BCUT2D eigenvalue weighted by Crippen LogP contribution is 1.90. The molecule has 17 heavy (non-hydrogen) atoms. The van der Waals surface area contributed by atoms with Gasteiger partial charge in [-0.1, -0.05) is 19.2 Å². The Kier molecular flexibility index (Phi) is 8.91. The van der Waals surface area contributed by atoms with E-state index in [1.165, 1.54) is 6.08 Å². The number of aliphatic carboxylic acids is 1. The van der Waals surface area contributed by atoms with Gasteiger partial charge in [-0.25, -0.2) is 4.79 Å². The molecule has 0 fully saturated rings. The Bertz CT molecular complexity index is 289. The molecule has 0 aromatic rings. The third-order valence-corrected chi connectivity index (χ3v) is 1.28. The summed E-state index contributed by atoms with van der Waals surface area (Å²) in [6.45, 7) is 8.71. The molecular weight excluding hydrogens is 222 g/mol. The average Bonchev–Trinajstić information content (AvgIpc) is 2.10. The van der Waals surface area contributed by atoms with E-state index in [1.807, 2.05) is 0 Å². The first kappa shape index (κ1) is 17.8. The first-order valence-corrected chi connectivity index (χ1v) is 5.04. The number of rotatable bonds is 5. The first-order valence-electron chi connectivity index (χ1n) is 5.04. The molecule has 5 nitrogen and oxygen atoms in total.